The van der Waals surface area contributed by atoms with E-state index >= 15 is 0 Å². The topological polar surface area (TPSA) is 16.4 Å². The van der Waals surface area contributed by atoms with Gasteiger partial charge in [0.25, 0.3) is 0 Å². The van der Waals surface area contributed by atoms with E-state index in [1.54, 1.807) is 0 Å². The van der Waals surface area contributed by atoms with E-state index in [0.717, 1.165) is 55.5 Å². The minimum absolute atomic E-state index is 0.112. The lowest BCUT2D eigenvalue weighted by molar-refractivity contribution is 0.660. The van der Waals surface area contributed by atoms with Crippen LogP contribution in [0.4, 0.5) is 17.1 Å². The molecular formula is C67H47NO. The fourth-order valence-electron chi connectivity index (χ4n) is 12.8. The fourth-order valence-corrected chi connectivity index (χ4v) is 12.8. The van der Waals surface area contributed by atoms with Crippen LogP contribution in [0.25, 0.3) is 82.4 Å². The number of hydrogen-bond donors (Lipinski definition) is 0. The molecule has 69 heavy (non-hydrogen) atoms. The fraction of sp³-hybridized carbons (Fsp3) is 0.0746. The Morgan fingerprint density at radius 2 is 1.07 bits per heavy atom. The van der Waals surface area contributed by atoms with Crippen LogP contribution in [0.1, 0.15) is 54.2 Å². The van der Waals surface area contributed by atoms with E-state index in [2.05, 4.69) is 245 Å². The maximum Gasteiger partial charge on any atom is 0.143 e. The second kappa shape index (κ2) is 14.5. The number of hydrogen-bond acceptors (Lipinski definition) is 2. The van der Waals surface area contributed by atoms with Gasteiger partial charge in [-0.25, -0.2) is 0 Å². The van der Waals surface area contributed by atoms with Gasteiger partial charge in [-0.3, -0.25) is 0 Å². The van der Waals surface area contributed by atoms with Crippen molar-refractivity contribution in [3.8, 4) is 33.4 Å². The van der Waals surface area contributed by atoms with Crippen molar-refractivity contribution in [1.29, 1.82) is 0 Å². The van der Waals surface area contributed by atoms with Crippen molar-refractivity contribution < 1.29 is 4.42 Å². The summed E-state index contributed by atoms with van der Waals surface area (Å²) in [5, 5.41) is 6.98. The molecule has 2 nitrogen and oxygen atoms in total. The zero-order chi connectivity index (χ0) is 46.2. The van der Waals surface area contributed by atoms with E-state index in [-0.39, 0.29) is 5.41 Å². The zero-order valence-electron chi connectivity index (χ0n) is 38.8. The lowest BCUT2D eigenvalue weighted by atomic mass is 9.69. The first-order chi connectivity index (χ1) is 33.9. The van der Waals surface area contributed by atoms with Crippen LogP contribution < -0.4 is 4.90 Å². The summed E-state index contributed by atoms with van der Waals surface area (Å²) < 4.78 is 6.85. The van der Waals surface area contributed by atoms with Crippen LogP contribution >= 0.6 is 0 Å². The quantitative estimate of drug-likeness (QED) is 0.155. The highest BCUT2D eigenvalue weighted by molar-refractivity contribution is 6.16. The van der Waals surface area contributed by atoms with Crippen molar-refractivity contribution in [2.45, 2.75) is 31.6 Å². The molecule has 1 unspecified atom stereocenters. The highest BCUT2D eigenvalue weighted by Crippen LogP contribution is 2.63. The van der Waals surface area contributed by atoms with Crippen molar-refractivity contribution in [2.24, 2.45) is 0 Å². The van der Waals surface area contributed by atoms with E-state index in [1.807, 2.05) is 6.08 Å². The van der Waals surface area contributed by atoms with Crippen LogP contribution in [0, 0.1) is 0 Å². The zero-order valence-corrected chi connectivity index (χ0v) is 38.8. The molecule has 0 radical (unpaired) electrons. The van der Waals surface area contributed by atoms with Crippen molar-refractivity contribution in [1.82, 2.24) is 0 Å². The van der Waals surface area contributed by atoms with Gasteiger partial charge in [-0.2, -0.15) is 0 Å². The monoisotopic (exact) mass is 881 g/mol. The molecule has 14 rings (SSSR count). The van der Waals surface area contributed by atoms with E-state index in [9.17, 15) is 0 Å². The first kappa shape index (κ1) is 39.7. The third-order valence-corrected chi connectivity index (χ3v) is 15.9. The second-order valence-corrected chi connectivity index (χ2v) is 19.6. The number of para-hydroxylation sites is 2. The molecule has 326 valence electrons. The third kappa shape index (κ3) is 5.37. The van der Waals surface area contributed by atoms with Crippen LogP contribution in [-0.4, -0.2) is 0 Å². The molecule has 3 aliphatic carbocycles. The predicted octanol–water partition coefficient (Wildman–Crippen LogP) is 18.2. The lowest BCUT2D eigenvalue weighted by Crippen LogP contribution is -2.26. The van der Waals surface area contributed by atoms with Gasteiger partial charge in [-0.1, -0.05) is 190 Å². The molecule has 2 heteroatoms. The minimum atomic E-state index is -0.544. The summed E-state index contributed by atoms with van der Waals surface area (Å²) in [5.74, 6) is 0. The highest BCUT2D eigenvalue weighted by Gasteiger charge is 2.51. The Labute approximate surface area is 402 Å². The average Bonchev–Trinajstić information content (AvgIpc) is 4.06. The van der Waals surface area contributed by atoms with Gasteiger partial charge >= 0.3 is 0 Å². The molecule has 1 atom stereocenters. The Morgan fingerprint density at radius 3 is 1.90 bits per heavy atom. The van der Waals surface area contributed by atoms with Crippen LogP contribution in [0.15, 0.2) is 235 Å². The average molecular weight is 882 g/mol. The van der Waals surface area contributed by atoms with Gasteiger partial charge in [0.1, 0.15) is 11.2 Å². The van der Waals surface area contributed by atoms with Gasteiger partial charge in [-0.05, 0) is 144 Å². The maximum absolute atomic E-state index is 6.85. The van der Waals surface area contributed by atoms with Crippen molar-refractivity contribution in [3.05, 3.63) is 264 Å². The SMILES string of the molecule is C=C/C=C\C1=C(C)c2ccccc2C12c1ccccc1-c1cc3c(N(c4ccc5c(c4)-c4ccccc4C5(C)C)c4ccc5ccccc5c4)ccc(-c4cccc5c4oc4ccccc45)c3cc12. The van der Waals surface area contributed by atoms with Gasteiger partial charge in [0.05, 0.1) is 11.1 Å². The summed E-state index contributed by atoms with van der Waals surface area (Å²) in [6.07, 6.45) is 6.31. The second-order valence-electron chi connectivity index (χ2n) is 19.6. The molecular weight excluding hydrogens is 835 g/mol. The minimum Gasteiger partial charge on any atom is -0.455 e. The predicted molar refractivity (Wildman–Crippen MR) is 290 cm³/mol. The summed E-state index contributed by atoms with van der Waals surface area (Å²) in [5.41, 5.74) is 22.2. The van der Waals surface area contributed by atoms with E-state index < -0.39 is 5.41 Å². The molecule has 1 spiro atoms. The van der Waals surface area contributed by atoms with Crippen molar-refractivity contribution >= 4 is 66.1 Å². The van der Waals surface area contributed by atoms with Crippen molar-refractivity contribution in [2.75, 3.05) is 4.90 Å². The van der Waals surface area contributed by atoms with E-state index in [0.29, 0.717) is 0 Å². The molecule has 0 amide bonds. The number of fused-ring (bicyclic) bond motifs is 15. The Kier molecular flexibility index (Phi) is 8.35. The molecule has 11 aromatic rings. The standard InChI is InChI=1S/C67H47NO/c1-5-6-26-57-41(2)46-20-9-14-28-60(46)67(57)61-29-15-11-22-49(61)55-39-56-53(40-62(55)67)47(51-24-17-25-52-50-23-12-16-30-64(50)69-65(51)52)34-36-63(56)68(44-32-31-42-18-7-8-19-43(42)37-44)45-33-35-59-54(38-45)48-21-10-13-27-58(48)66(59,3)4/h5-40H,1H2,2-4H3/b26-6-. The number of furan rings is 1. The van der Waals surface area contributed by atoms with E-state index in [1.165, 1.54) is 82.9 Å². The molecule has 3 aliphatic rings. The summed E-state index contributed by atoms with van der Waals surface area (Å²) >= 11 is 0. The Morgan fingerprint density at radius 1 is 0.449 bits per heavy atom. The molecule has 1 heterocycles. The number of rotatable bonds is 6. The number of nitrogens with zero attached hydrogens (tertiary/aromatic N) is 1. The summed E-state index contributed by atoms with van der Waals surface area (Å²) in [6, 6.07) is 74.6. The van der Waals surface area contributed by atoms with Gasteiger partial charge in [0.15, 0.2) is 0 Å². The molecule has 0 aliphatic heterocycles. The van der Waals surface area contributed by atoms with Crippen LogP contribution in [0.5, 0.6) is 0 Å². The molecule has 0 saturated heterocycles. The van der Waals surface area contributed by atoms with Gasteiger partial charge in [0.2, 0.25) is 0 Å². The summed E-state index contributed by atoms with van der Waals surface area (Å²) in [4.78, 5) is 2.50. The number of allylic oxidation sites excluding steroid dienone is 5. The van der Waals surface area contributed by atoms with Gasteiger partial charge in [0, 0.05) is 38.5 Å². The first-order valence-electron chi connectivity index (χ1n) is 24.1. The number of anilines is 3. The van der Waals surface area contributed by atoms with Gasteiger partial charge < -0.3 is 9.32 Å². The van der Waals surface area contributed by atoms with Gasteiger partial charge in [-0.15, -0.1) is 0 Å². The molecule has 0 N–H and O–H groups in total. The largest absolute Gasteiger partial charge is 0.455 e. The van der Waals surface area contributed by atoms with E-state index in [4.69, 9.17) is 4.42 Å². The lowest BCUT2D eigenvalue weighted by Gasteiger charge is -2.32. The summed E-state index contributed by atoms with van der Waals surface area (Å²) in [7, 11) is 0. The van der Waals surface area contributed by atoms with Crippen LogP contribution in [0.3, 0.4) is 0 Å². The molecule has 0 saturated carbocycles. The molecule has 0 bridgehead atoms. The molecule has 10 aromatic carbocycles. The molecule has 1 aromatic heterocycles. The maximum atomic E-state index is 6.85. The smallest absolute Gasteiger partial charge is 0.143 e. The Bertz CT molecular complexity index is 4100. The van der Waals surface area contributed by atoms with Crippen LogP contribution in [0.2, 0.25) is 0 Å². The van der Waals surface area contributed by atoms with Crippen molar-refractivity contribution in [3.63, 3.8) is 0 Å². The highest BCUT2D eigenvalue weighted by atomic mass is 16.3. The Hall–Kier alpha value is -8.46. The third-order valence-electron chi connectivity index (χ3n) is 15.9. The Balaban J connectivity index is 1.12. The summed E-state index contributed by atoms with van der Waals surface area (Å²) in [6.45, 7) is 11.1. The molecule has 0 fully saturated rings. The normalized spacial score (nSPS) is 16.2. The first-order valence-corrected chi connectivity index (χ1v) is 24.1. The number of benzene rings is 10. The van der Waals surface area contributed by atoms with Crippen LogP contribution in [-0.2, 0) is 10.8 Å².